The Labute approximate surface area is 183 Å². The zero-order valence-electron chi connectivity index (χ0n) is 18.0. The number of halogens is 1. The van der Waals surface area contributed by atoms with Crippen molar-refractivity contribution in [2.24, 2.45) is 4.99 Å². The molecule has 1 rings (SSSR count). The van der Waals surface area contributed by atoms with Crippen LogP contribution in [0.2, 0.25) is 0 Å². The van der Waals surface area contributed by atoms with Crippen LogP contribution in [0.25, 0.3) is 0 Å². The average Bonchev–Trinajstić information content (AvgIpc) is 2.63. The minimum Gasteiger partial charge on any atom is -0.363 e. The second-order valence-electron chi connectivity index (χ2n) is 6.83. The van der Waals surface area contributed by atoms with E-state index >= 15 is 0 Å². The van der Waals surface area contributed by atoms with E-state index in [1.165, 1.54) is 6.42 Å². The lowest BCUT2D eigenvalue weighted by Crippen LogP contribution is -2.42. The largest absolute Gasteiger partial charge is 0.363 e. The summed E-state index contributed by atoms with van der Waals surface area (Å²) < 4.78 is 0. The Morgan fingerprint density at radius 1 is 1.22 bits per heavy atom. The number of hydrogen-bond donors (Lipinski definition) is 2. The van der Waals surface area contributed by atoms with Crippen molar-refractivity contribution in [2.45, 2.75) is 53.1 Å². The monoisotopic (exact) mass is 490 g/mol. The number of guanidine groups is 1. The van der Waals surface area contributed by atoms with Crippen LogP contribution in [0.3, 0.4) is 0 Å². The quantitative estimate of drug-likeness (QED) is 0.283. The van der Waals surface area contributed by atoms with Gasteiger partial charge < -0.3 is 20.4 Å². The van der Waals surface area contributed by atoms with Gasteiger partial charge in [-0.05, 0) is 64.0 Å². The van der Waals surface area contributed by atoms with E-state index in [2.05, 4.69) is 54.3 Å². The van der Waals surface area contributed by atoms with Crippen molar-refractivity contribution in [2.75, 3.05) is 45.2 Å². The highest BCUT2D eigenvalue weighted by molar-refractivity contribution is 14.0. The number of aliphatic imine (C=N–C) groups is 1. The van der Waals surface area contributed by atoms with Gasteiger partial charge in [0, 0.05) is 32.9 Å². The van der Waals surface area contributed by atoms with Gasteiger partial charge in [0.15, 0.2) is 5.96 Å². The summed E-state index contributed by atoms with van der Waals surface area (Å²) in [5, 5.41) is 6.87. The summed E-state index contributed by atoms with van der Waals surface area (Å²) in [4.78, 5) is 13.6. The molecular formula is C20H39IN6. The fourth-order valence-corrected chi connectivity index (χ4v) is 2.76. The third-order valence-corrected chi connectivity index (χ3v) is 4.42. The summed E-state index contributed by atoms with van der Waals surface area (Å²) in [7, 11) is 4.00. The summed E-state index contributed by atoms with van der Waals surface area (Å²) in [5.74, 6) is 1.84. The first-order valence-electron chi connectivity index (χ1n) is 9.89. The van der Waals surface area contributed by atoms with E-state index in [9.17, 15) is 0 Å². The smallest absolute Gasteiger partial charge is 0.191 e. The molecule has 1 heterocycles. The molecule has 156 valence electrons. The van der Waals surface area contributed by atoms with Crippen molar-refractivity contribution >= 4 is 35.8 Å². The number of aromatic nitrogens is 1. The number of rotatable bonds is 11. The normalized spacial score (nSPS) is 12.5. The third kappa shape index (κ3) is 10.7. The van der Waals surface area contributed by atoms with E-state index in [1.807, 2.05) is 31.3 Å². The van der Waals surface area contributed by atoms with Gasteiger partial charge in [-0.25, -0.2) is 9.98 Å². The third-order valence-electron chi connectivity index (χ3n) is 4.42. The molecular weight excluding hydrogens is 451 g/mol. The molecule has 0 spiro atoms. The van der Waals surface area contributed by atoms with Crippen LogP contribution < -0.4 is 15.5 Å². The Kier molecular flexibility index (Phi) is 14.3. The second-order valence-corrected chi connectivity index (χ2v) is 6.83. The number of anilines is 1. The van der Waals surface area contributed by atoms with Crippen molar-refractivity contribution in [3.05, 3.63) is 23.9 Å². The molecule has 0 aliphatic carbocycles. The van der Waals surface area contributed by atoms with Crippen LogP contribution in [0.5, 0.6) is 0 Å². The Balaban J connectivity index is 0.00000676. The van der Waals surface area contributed by atoms with Crippen molar-refractivity contribution < 1.29 is 0 Å². The lowest BCUT2D eigenvalue weighted by Gasteiger charge is -2.21. The molecule has 0 amide bonds. The number of nitrogens with one attached hydrogen (secondary N) is 2. The lowest BCUT2D eigenvalue weighted by atomic mass is 10.2. The minimum absolute atomic E-state index is 0. The predicted octanol–water partition coefficient (Wildman–Crippen LogP) is 3.33. The van der Waals surface area contributed by atoms with Crippen molar-refractivity contribution in [1.29, 1.82) is 0 Å². The van der Waals surface area contributed by atoms with Gasteiger partial charge >= 0.3 is 0 Å². The molecule has 0 bridgehead atoms. The van der Waals surface area contributed by atoms with E-state index in [0.29, 0.717) is 12.6 Å². The zero-order chi connectivity index (χ0) is 19.4. The maximum absolute atomic E-state index is 4.74. The van der Waals surface area contributed by atoms with Crippen molar-refractivity contribution in [3.8, 4) is 0 Å². The SMILES string of the molecule is CCNC(=NCc1ccnc(N(C)C)c1)NC(C)CCCN(CC)CC.I. The number of nitrogens with zero attached hydrogens (tertiary/aromatic N) is 4. The summed E-state index contributed by atoms with van der Waals surface area (Å²) >= 11 is 0. The Bertz CT molecular complexity index is 531. The van der Waals surface area contributed by atoms with Crippen molar-refractivity contribution in [1.82, 2.24) is 20.5 Å². The van der Waals surface area contributed by atoms with Crippen LogP contribution in [-0.2, 0) is 6.54 Å². The van der Waals surface area contributed by atoms with Crippen LogP contribution in [0, 0.1) is 0 Å². The standard InChI is InChI=1S/C20H38N6.HI/c1-7-21-20(24-17(4)11-10-14-26(8-2)9-3)23-16-18-12-13-22-19(15-18)25(5)6;/h12-13,15,17H,7-11,14,16H2,1-6H3,(H2,21,23,24);1H. The fourth-order valence-electron chi connectivity index (χ4n) is 2.76. The molecule has 0 aromatic carbocycles. The lowest BCUT2D eigenvalue weighted by molar-refractivity contribution is 0.292. The summed E-state index contributed by atoms with van der Waals surface area (Å²) in [6.07, 6.45) is 4.18. The summed E-state index contributed by atoms with van der Waals surface area (Å²) in [5.41, 5.74) is 1.16. The molecule has 1 aromatic rings. The maximum atomic E-state index is 4.74. The van der Waals surface area contributed by atoms with Gasteiger partial charge in [-0.1, -0.05) is 13.8 Å². The Hall–Kier alpha value is -1.09. The fraction of sp³-hybridized carbons (Fsp3) is 0.700. The molecule has 0 aliphatic rings. The van der Waals surface area contributed by atoms with Crippen molar-refractivity contribution in [3.63, 3.8) is 0 Å². The first-order valence-corrected chi connectivity index (χ1v) is 9.89. The van der Waals surface area contributed by atoms with Gasteiger partial charge in [-0.3, -0.25) is 0 Å². The molecule has 0 saturated carbocycles. The van der Waals surface area contributed by atoms with Gasteiger partial charge in [0.2, 0.25) is 0 Å². The van der Waals surface area contributed by atoms with Gasteiger partial charge in [-0.2, -0.15) is 0 Å². The first kappa shape index (κ1) is 25.9. The van der Waals surface area contributed by atoms with E-state index < -0.39 is 0 Å². The van der Waals surface area contributed by atoms with Crippen LogP contribution in [0.15, 0.2) is 23.3 Å². The Morgan fingerprint density at radius 2 is 1.93 bits per heavy atom. The zero-order valence-corrected chi connectivity index (χ0v) is 20.3. The van der Waals surface area contributed by atoms with Gasteiger partial charge in [0.25, 0.3) is 0 Å². The molecule has 2 N–H and O–H groups in total. The molecule has 1 aromatic heterocycles. The second kappa shape index (κ2) is 14.9. The summed E-state index contributed by atoms with van der Waals surface area (Å²) in [6.45, 7) is 13.7. The van der Waals surface area contributed by atoms with Crippen LogP contribution in [0.4, 0.5) is 5.82 Å². The Morgan fingerprint density at radius 3 is 2.52 bits per heavy atom. The number of hydrogen-bond acceptors (Lipinski definition) is 4. The highest BCUT2D eigenvalue weighted by Crippen LogP contribution is 2.10. The van der Waals surface area contributed by atoms with Crippen LogP contribution >= 0.6 is 24.0 Å². The van der Waals surface area contributed by atoms with E-state index in [1.54, 1.807) is 0 Å². The maximum Gasteiger partial charge on any atom is 0.191 e. The molecule has 7 heteroatoms. The van der Waals surface area contributed by atoms with Gasteiger partial charge in [-0.15, -0.1) is 24.0 Å². The molecule has 27 heavy (non-hydrogen) atoms. The summed E-state index contributed by atoms with van der Waals surface area (Å²) in [6, 6.07) is 4.51. The van der Waals surface area contributed by atoms with Crippen LogP contribution in [-0.4, -0.2) is 62.2 Å². The molecule has 0 radical (unpaired) electrons. The van der Waals surface area contributed by atoms with E-state index in [0.717, 1.165) is 49.9 Å². The topological polar surface area (TPSA) is 55.8 Å². The predicted molar refractivity (Wildman–Crippen MR) is 128 cm³/mol. The number of pyridine rings is 1. The highest BCUT2D eigenvalue weighted by atomic mass is 127. The highest BCUT2D eigenvalue weighted by Gasteiger charge is 2.07. The molecule has 0 fully saturated rings. The molecule has 0 aliphatic heterocycles. The molecule has 1 atom stereocenters. The molecule has 0 saturated heterocycles. The average molecular weight is 490 g/mol. The van der Waals surface area contributed by atoms with E-state index in [-0.39, 0.29) is 24.0 Å². The van der Waals surface area contributed by atoms with Gasteiger partial charge in [0.1, 0.15) is 5.82 Å². The molecule has 6 nitrogen and oxygen atoms in total. The molecule has 1 unspecified atom stereocenters. The van der Waals surface area contributed by atoms with E-state index in [4.69, 9.17) is 4.99 Å². The van der Waals surface area contributed by atoms with Crippen LogP contribution in [0.1, 0.15) is 46.1 Å². The van der Waals surface area contributed by atoms with Gasteiger partial charge in [0.05, 0.1) is 6.54 Å². The minimum atomic E-state index is 0. The first-order chi connectivity index (χ1) is 12.5.